The van der Waals surface area contributed by atoms with Crippen molar-refractivity contribution in [1.82, 2.24) is 4.90 Å². The Bertz CT molecular complexity index is 889. The maximum atomic E-state index is 13.0. The zero-order valence-electron chi connectivity index (χ0n) is 15.6. The van der Waals surface area contributed by atoms with Gasteiger partial charge in [-0.25, -0.2) is 0 Å². The van der Waals surface area contributed by atoms with Gasteiger partial charge in [0, 0.05) is 6.54 Å². The number of hydrogen-bond acceptors (Lipinski definition) is 4. The van der Waals surface area contributed by atoms with Crippen LogP contribution < -0.4 is 5.73 Å². The monoisotopic (exact) mass is 431 g/mol. The molecule has 0 fully saturated rings. The fraction of sp³-hybridized carbons (Fsp3) is 0.350. The van der Waals surface area contributed by atoms with Gasteiger partial charge in [0.1, 0.15) is 5.75 Å². The standard InChI is InChI=1S/C20H19F6N3O/c21-19(22,23)14-7-13(8-15(10-14)20(24,25)26)5-6-29-16(11-28-18(29)27)9-12-1-3-17(30)4-2-12/h1-4,7-8,10,16,30H,5-6,9,11H2,(H2,27,28)/t16-/m1/s1. The number of nitrogens with two attached hydrogens (primary N) is 1. The van der Waals surface area contributed by atoms with Crippen LogP contribution in [0, 0.1) is 0 Å². The van der Waals surface area contributed by atoms with E-state index in [0.717, 1.165) is 17.7 Å². The van der Waals surface area contributed by atoms with Crippen molar-refractivity contribution in [3.05, 3.63) is 64.7 Å². The van der Waals surface area contributed by atoms with Crippen molar-refractivity contribution in [3.8, 4) is 5.75 Å². The Morgan fingerprint density at radius 1 is 0.933 bits per heavy atom. The smallest absolute Gasteiger partial charge is 0.416 e. The molecule has 0 unspecified atom stereocenters. The van der Waals surface area contributed by atoms with E-state index >= 15 is 0 Å². The van der Waals surface area contributed by atoms with Crippen LogP contribution in [0.25, 0.3) is 0 Å². The predicted molar refractivity (Wildman–Crippen MR) is 98.9 cm³/mol. The fourth-order valence-electron chi connectivity index (χ4n) is 3.36. The highest BCUT2D eigenvalue weighted by molar-refractivity contribution is 5.80. The summed E-state index contributed by atoms with van der Waals surface area (Å²) in [5.74, 6) is 0.310. The summed E-state index contributed by atoms with van der Waals surface area (Å²) in [5.41, 5.74) is 4.02. The first kappa shape index (κ1) is 21.8. The molecule has 2 aromatic carbocycles. The highest BCUT2D eigenvalue weighted by atomic mass is 19.4. The average molecular weight is 431 g/mol. The second-order valence-electron chi connectivity index (χ2n) is 7.08. The number of rotatable bonds is 5. The molecule has 162 valence electrons. The van der Waals surface area contributed by atoms with Gasteiger partial charge < -0.3 is 15.7 Å². The Morgan fingerprint density at radius 3 is 2.03 bits per heavy atom. The van der Waals surface area contributed by atoms with E-state index in [-0.39, 0.29) is 42.3 Å². The van der Waals surface area contributed by atoms with E-state index in [2.05, 4.69) is 4.99 Å². The van der Waals surface area contributed by atoms with Gasteiger partial charge in [0.05, 0.1) is 23.7 Å². The molecule has 10 heteroatoms. The molecule has 3 rings (SSSR count). The first-order valence-corrected chi connectivity index (χ1v) is 9.06. The Kier molecular flexibility index (Phi) is 5.87. The Labute approximate surface area is 168 Å². The summed E-state index contributed by atoms with van der Waals surface area (Å²) in [5, 5.41) is 9.37. The molecule has 0 aliphatic carbocycles. The molecule has 0 aromatic heterocycles. The van der Waals surface area contributed by atoms with Gasteiger partial charge in [-0.2, -0.15) is 26.3 Å². The first-order chi connectivity index (χ1) is 13.9. The molecule has 0 spiro atoms. The van der Waals surface area contributed by atoms with Crippen LogP contribution in [0.2, 0.25) is 0 Å². The Balaban J connectivity index is 1.77. The number of guanidine groups is 1. The van der Waals surface area contributed by atoms with Crippen molar-refractivity contribution in [3.63, 3.8) is 0 Å². The van der Waals surface area contributed by atoms with E-state index in [1.165, 1.54) is 12.1 Å². The summed E-state index contributed by atoms with van der Waals surface area (Å²) in [6.45, 7) is 0.486. The van der Waals surface area contributed by atoms with Gasteiger partial charge in [0.25, 0.3) is 0 Å². The lowest BCUT2D eigenvalue weighted by molar-refractivity contribution is -0.143. The second-order valence-corrected chi connectivity index (χ2v) is 7.08. The molecule has 0 bridgehead atoms. The number of phenolic OH excluding ortho intramolecular Hbond substituents is 1. The zero-order chi connectivity index (χ0) is 22.1. The lowest BCUT2D eigenvalue weighted by atomic mass is 10.0. The molecule has 2 aromatic rings. The molecule has 1 aliphatic rings. The Morgan fingerprint density at radius 2 is 1.50 bits per heavy atom. The summed E-state index contributed by atoms with van der Waals surface area (Å²) in [6.07, 6.45) is -9.31. The van der Waals surface area contributed by atoms with Gasteiger partial charge in [0.2, 0.25) is 0 Å². The van der Waals surface area contributed by atoms with Crippen molar-refractivity contribution in [1.29, 1.82) is 0 Å². The van der Waals surface area contributed by atoms with Crippen LogP contribution in [0.15, 0.2) is 47.5 Å². The predicted octanol–water partition coefficient (Wildman–Crippen LogP) is 4.21. The van der Waals surface area contributed by atoms with Crippen LogP contribution in [0.1, 0.15) is 22.3 Å². The molecular weight excluding hydrogens is 412 g/mol. The number of phenols is 1. The summed E-state index contributed by atoms with van der Waals surface area (Å²) in [6, 6.07) is 7.90. The van der Waals surface area contributed by atoms with Crippen molar-refractivity contribution in [2.45, 2.75) is 31.2 Å². The SMILES string of the molecule is NC1=NC[C@@H](Cc2ccc(O)cc2)N1CCc1cc(C(F)(F)F)cc(C(F)(F)F)c1. The number of benzene rings is 2. The van der Waals surface area contributed by atoms with E-state index in [0.29, 0.717) is 13.0 Å². The van der Waals surface area contributed by atoms with Crippen LogP contribution in [-0.2, 0) is 25.2 Å². The van der Waals surface area contributed by atoms with Gasteiger partial charge in [0.15, 0.2) is 5.96 Å². The zero-order valence-corrected chi connectivity index (χ0v) is 15.6. The van der Waals surface area contributed by atoms with E-state index in [4.69, 9.17) is 5.73 Å². The minimum Gasteiger partial charge on any atom is -0.508 e. The van der Waals surface area contributed by atoms with Gasteiger partial charge in [-0.1, -0.05) is 12.1 Å². The summed E-state index contributed by atoms with van der Waals surface area (Å²) < 4.78 is 78.2. The molecule has 1 aliphatic heterocycles. The van der Waals surface area contributed by atoms with Gasteiger partial charge in [-0.3, -0.25) is 4.99 Å². The number of aliphatic imine (C=N–C) groups is 1. The van der Waals surface area contributed by atoms with Crippen LogP contribution in [0.5, 0.6) is 5.75 Å². The normalized spacial score (nSPS) is 17.3. The summed E-state index contributed by atoms with van der Waals surface area (Å²) >= 11 is 0. The maximum Gasteiger partial charge on any atom is 0.416 e. The molecule has 0 amide bonds. The van der Waals surface area contributed by atoms with Crippen LogP contribution in [0.3, 0.4) is 0 Å². The number of aromatic hydroxyl groups is 1. The van der Waals surface area contributed by atoms with Gasteiger partial charge in [-0.05, 0) is 54.3 Å². The first-order valence-electron chi connectivity index (χ1n) is 9.06. The molecule has 1 atom stereocenters. The fourth-order valence-corrected chi connectivity index (χ4v) is 3.36. The van der Waals surface area contributed by atoms with Crippen LogP contribution in [0.4, 0.5) is 26.3 Å². The van der Waals surface area contributed by atoms with Crippen molar-refractivity contribution >= 4 is 5.96 Å². The number of alkyl halides is 6. The van der Waals surface area contributed by atoms with Crippen molar-refractivity contribution < 1.29 is 31.4 Å². The minimum atomic E-state index is -4.88. The van der Waals surface area contributed by atoms with Gasteiger partial charge in [-0.15, -0.1) is 0 Å². The highest BCUT2D eigenvalue weighted by Crippen LogP contribution is 2.36. The van der Waals surface area contributed by atoms with E-state index in [1.807, 2.05) is 0 Å². The second kappa shape index (κ2) is 8.08. The largest absolute Gasteiger partial charge is 0.508 e. The Hall–Kier alpha value is -2.91. The minimum absolute atomic E-state index is 0.0602. The number of nitrogens with zero attached hydrogens (tertiary/aromatic N) is 2. The van der Waals surface area contributed by atoms with Crippen molar-refractivity contribution in [2.24, 2.45) is 10.7 Å². The van der Waals surface area contributed by atoms with E-state index in [9.17, 15) is 31.4 Å². The average Bonchev–Trinajstić information content (AvgIpc) is 2.99. The third-order valence-electron chi connectivity index (χ3n) is 4.90. The molecule has 0 saturated carbocycles. The van der Waals surface area contributed by atoms with Gasteiger partial charge >= 0.3 is 12.4 Å². The quantitative estimate of drug-likeness (QED) is 0.698. The highest BCUT2D eigenvalue weighted by Gasteiger charge is 2.37. The third kappa shape index (κ3) is 5.17. The van der Waals surface area contributed by atoms with Crippen molar-refractivity contribution in [2.75, 3.05) is 13.1 Å². The molecular formula is C20H19F6N3O. The molecule has 3 N–H and O–H groups in total. The summed E-state index contributed by atoms with van der Waals surface area (Å²) in [7, 11) is 0. The molecule has 30 heavy (non-hydrogen) atoms. The van der Waals surface area contributed by atoms with E-state index < -0.39 is 23.5 Å². The summed E-state index contributed by atoms with van der Waals surface area (Å²) in [4.78, 5) is 5.83. The lowest BCUT2D eigenvalue weighted by Gasteiger charge is -2.26. The number of halogens is 6. The van der Waals surface area contributed by atoms with E-state index in [1.54, 1.807) is 17.0 Å². The third-order valence-corrected chi connectivity index (χ3v) is 4.90. The van der Waals surface area contributed by atoms with Crippen LogP contribution in [-0.4, -0.2) is 35.1 Å². The molecule has 0 saturated heterocycles. The molecule has 1 heterocycles. The maximum absolute atomic E-state index is 13.0. The lowest BCUT2D eigenvalue weighted by Crippen LogP contribution is -2.43. The molecule has 0 radical (unpaired) electrons. The molecule has 4 nitrogen and oxygen atoms in total. The topological polar surface area (TPSA) is 61.9 Å². The van der Waals surface area contributed by atoms with Crippen LogP contribution >= 0.6 is 0 Å². The number of hydrogen-bond donors (Lipinski definition) is 2.